The Morgan fingerprint density at radius 3 is 2.50 bits per heavy atom. The Hall–Kier alpha value is -0.620. The summed E-state index contributed by atoms with van der Waals surface area (Å²) in [6.07, 6.45) is 6.23. The van der Waals surface area contributed by atoms with Gasteiger partial charge in [-0.3, -0.25) is 0 Å². The largest absolute Gasteiger partial charge is 0.496 e. The summed E-state index contributed by atoms with van der Waals surface area (Å²) in [6, 6.07) is 0.312. The van der Waals surface area contributed by atoms with E-state index in [0.29, 0.717) is 6.04 Å². The summed E-state index contributed by atoms with van der Waals surface area (Å²) in [5.74, 6) is 0. The first-order chi connectivity index (χ1) is 3.93. The highest BCUT2D eigenvalue weighted by Gasteiger charge is 2.22. The molecule has 8 heavy (non-hydrogen) atoms. The highest BCUT2D eigenvalue weighted by atomic mass is 16.1. The first kappa shape index (κ1) is 5.52. The Morgan fingerprint density at radius 1 is 1.38 bits per heavy atom. The average molecular weight is 111 g/mol. The van der Waals surface area contributed by atoms with E-state index in [4.69, 9.17) is 0 Å². The summed E-state index contributed by atoms with van der Waals surface area (Å²) in [5.41, 5.74) is 0. The van der Waals surface area contributed by atoms with Crippen LogP contribution in [-0.4, -0.2) is 12.1 Å². The van der Waals surface area contributed by atoms with Gasteiger partial charge in [-0.25, -0.2) is 0 Å². The highest BCUT2D eigenvalue weighted by molar-refractivity contribution is 5.31. The molecule has 0 N–H and O–H groups in total. The minimum atomic E-state index is 0.312. The van der Waals surface area contributed by atoms with Gasteiger partial charge in [0.15, 0.2) is 0 Å². The lowest BCUT2D eigenvalue weighted by Crippen LogP contribution is -2.06. The van der Waals surface area contributed by atoms with Crippen molar-refractivity contribution < 1.29 is 4.79 Å². The number of hydrogen-bond donors (Lipinski definition) is 0. The number of isocyanates is 1. The minimum Gasteiger partial charge on any atom is -0.154 e. The summed E-state index contributed by atoms with van der Waals surface area (Å²) in [5, 5.41) is 0. The van der Waals surface area contributed by atoms with Crippen molar-refractivity contribution in [3.8, 4) is 0 Å². The summed E-state index contributed by atoms with van der Waals surface area (Å²) >= 11 is 0. The van der Waals surface area contributed by atoms with Crippen LogP contribution in [0.25, 0.3) is 0 Å². The SMILES string of the molecule is O=C=[N+]C1CCCC1. The Labute approximate surface area is 48.6 Å². The molecule has 1 aliphatic rings. The quantitative estimate of drug-likeness (QED) is 0.360. The number of rotatable bonds is 1. The highest BCUT2D eigenvalue weighted by Crippen LogP contribution is 2.16. The molecule has 0 saturated heterocycles. The van der Waals surface area contributed by atoms with E-state index in [1.54, 1.807) is 6.08 Å². The van der Waals surface area contributed by atoms with Gasteiger partial charge in [0.1, 0.15) is 4.99 Å². The second-order valence-corrected chi connectivity index (χ2v) is 2.16. The maximum absolute atomic E-state index is 9.67. The van der Waals surface area contributed by atoms with E-state index in [1.165, 1.54) is 12.8 Å². The van der Waals surface area contributed by atoms with E-state index in [9.17, 15) is 4.79 Å². The second kappa shape index (κ2) is 2.63. The molecule has 43 valence electrons. The van der Waals surface area contributed by atoms with Crippen molar-refractivity contribution in [2.45, 2.75) is 31.7 Å². The first-order valence-corrected chi connectivity index (χ1v) is 3.00. The van der Waals surface area contributed by atoms with Gasteiger partial charge < -0.3 is 0 Å². The van der Waals surface area contributed by atoms with Crippen LogP contribution in [0.15, 0.2) is 0 Å². The molecule has 2 nitrogen and oxygen atoms in total. The van der Waals surface area contributed by atoms with Crippen LogP contribution in [-0.2, 0) is 4.79 Å². The van der Waals surface area contributed by atoms with Crippen molar-refractivity contribution in [2.75, 3.05) is 0 Å². The minimum absolute atomic E-state index is 0.312. The van der Waals surface area contributed by atoms with Gasteiger partial charge in [-0.1, -0.05) is 0 Å². The maximum Gasteiger partial charge on any atom is 0.496 e. The normalized spacial score (nSPS) is 20.5. The number of aliphatic imine (C=N–C) groups is 1. The smallest absolute Gasteiger partial charge is 0.154 e. The number of nitrogens with zero attached hydrogens (tertiary/aromatic N) is 1. The monoisotopic (exact) mass is 111 g/mol. The summed E-state index contributed by atoms with van der Waals surface area (Å²) < 4.78 is 0. The van der Waals surface area contributed by atoms with Crippen LogP contribution in [0.3, 0.4) is 0 Å². The molecule has 0 atom stereocenters. The third kappa shape index (κ3) is 1.17. The summed E-state index contributed by atoms with van der Waals surface area (Å²) in [6.45, 7) is 0. The van der Waals surface area contributed by atoms with Crippen molar-refractivity contribution in [2.24, 2.45) is 0 Å². The fraction of sp³-hybridized carbons (Fsp3) is 0.833. The van der Waals surface area contributed by atoms with Crippen LogP contribution in [0, 0.1) is 0 Å². The molecular formula is C6H9NO+. The molecule has 1 radical (unpaired) electrons. The van der Waals surface area contributed by atoms with Crippen LogP contribution >= 0.6 is 0 Å². The van der Waals surface area contributed by atoms with Crippen molar-refractivity contribution in [1.29, 1.82) is 0 Å². The fourth-order valence-corrected chi connectivity index (χ4v) is 1.11. The average Bonchev–Trinajstić information content (AvgIpc) is 2.19. The molecule has 1 fully saturated rings. The van der Waals surface area contributed by atoms with E-state index in [0.717, 1.165) is 12.8 Å². The molecule has 1 rings (SSSR count). The number of carbonyl (C=O) groups excluding carboxylic acids is 1. The van der Waals surface area contributed by atoms with E-state index in [-0.39, 0.29) is 0 Å². The third-order valence-electron chi connectivity index (χ3n) is 1.56. The molecule has 0 heterocycles. The van der Waals surface area contributed by atoms with Crippen LogP contribution < -0.4 is 4.99 Å². The van der Waals surface area contributed by atoms with E-state index < -0.39 is 0 Å². The Bertz CT molecular complexity index is 110. The molecule has 0 aromatic rings. The lowest BCUT2D eigenvalue weighted by Gasteiger charge is -1.77. The zero-order chi connectivity index (χ0) is 5.82. The number of hydrogen-bond acceptors (Lipinski definition) is 2. The van der Waals surface area contributed by atoms with Gasteiger partial charge >= 0.3 is 6.08 Å². The molecule has 0 aromatic heterocycles. The van der Waals surface area contributed by atoms with Gasteiger partial charge in [0.2, 0.25) is 6.04 Å². The van der Waals surface area contributed by atoms with E-state index in [2.05, 4.69) is 4.99 Å². The molecule has 0 amide bonds. The molecule has 1 aliphatic carbocycles. The van der Waals surface area contributed by atoms with Gasteiger partial charge in [-0.05, 0) is 12.8 Å². The molecule has 2 heteroatoms. The lowest BCUT2D eigenvalue weighted by atomic mass is 10.3. The van der Waals surface area contributed by atoms with Crippen LogP contribution in [0.2, 0.25) is 0 Å². The predicted octanol–water partition coefficient (Wildman–Crippen LogP) is 0.601. The van der Waals surface area contributed by atoms with Gasteiger partial charge in [0, 0.05) is 12.8 Å². The van der Waals surface area contributed by atoms with Crippen molar-refractivity contribution in [1.82, 2.24) is 4.99 Å². The summed E-state index contributed by atoms with van der Waals surface area (Å²) in [7, 11) is 0. The van der Waals surface area contributed by atoms with Crippen LogP contribution in [0.1, 0.15) is 25.7 Å². The Balaban J connectivity index is 2.35. The summed E-state index contributed by atoms with van der Waals surface area (Å²) in [4.78, 5) is 13.3. The second-order valence-electron chi connectivity index (χ2n) is 2.16. The van der Waals surface area contributed by atoms with Gasteiger partial charge in [0.05, 0.1) is 0 Å². The molecule has 1 saturated carbocycles. The third-order valence-corrected chi connectivity index (χ3v) is 1.56. The molecule has 0 spiro atoms. The van der Waals surface area contributed by atoms with E-state index >= 15 is 0 Å². The van der Waals surface area contributed by atoms with E-state index in [1.807, 2.05) is 0 Å². The zero-order valence-corrected chi connectivity index (χ0v) is 4.76. The zero-order valence-electron chi connectivity index (χ0n) is 4.76. The van der Waals surface area contributed by atoms with Crippen LogP contribution in [0.5, 0.6) is 0 Å². The molecule has 0 aromatic carbocycles. The van der Waals surface area contributed by atoms with Gasteiger partial charge in [-0.2, -0.15) is 4.79 Å². The predicted molar refractivity (Wildman–Crippen MR) is 30.1 cm³/mol. The van der Waals surface area contributed by atoms with Gasteiger partial charge in [0.25, 0.3) is 0 Å². The fourth-order valence-electron chi connectivity index (χ4n) is 1.11. The molecule has 0 bridgehead atoms. The maximum atomic E-state index is 9.67. The van der Waals surface area contributed by atoms with Crippen molar-refractivity contribution in [3.63, 3.8) is 0 Å². The Morgan fingerprint density at radius 2 is 2.00 bits per heavy atom. The van der Waals surface area contributed by atoms with Gasteiger partial charge in [-0.15, -0.1) is 0 Å². The topological polar surface area (TPSA) is 31.2 Å². The molecular weight excluding hydrogens is 102 g/mol. The van der Waals surface area contributed by atoms with Crippen molar-refractivity contribution in [3.05, 3.63) is 0 Å². The Kier molecular flexibility index (Phi) is 1.81. The molecule has 0 unspecified atom stereocenters. The first-order valence-electron chi connectivity index (χ1n) is 3.00. The lowest BCUT2D eigenvalue weighted by molar-refractivity contribution is 0.545. The standard InChI is InChI=1S/C6H9NO/c8-5-7-6-3-1-2-4-6/h6H,1-4H2/q+1. The molecule has 0 aliphatic heterocycles. The van der Waals surface area contributed by atoms with Crippen molar-refractivity contribution >= 4 is 6.08 Å². The van der Waals surface area contributed by atoms with Crippen LogP contribution in [0.4, 0.5) is 0 Å².